The highest BCUT2D eigenvalue weighted by Crippen LogP contribution is 2.17. The fourth-order valence-electron chi connectivity index (χ4n) is 2.64. The molecule has 0 unspecified atom stereocenters. The largest absolute Gasteiger partial charge is 0.371 e. The zero-order valence-electron chi connectivity index (χ0n) is 12.8. The van der Waals surface area contributed by atoms with Crippen molar-refractivity contribution < 1.29 is 9.18 Å². The summed E-state index contributed by atoms with van der Waals surface area (Å²) in [4.78, 5) is 12.9. The van der Waals surface area contributed by atoms with Crippen LogP contribution in [0.25, 0.3) is 0 Å². The van der Waals surface area contributed by atoms with Gasteiger partial charge in [-0.15, -0.1) is 0 Å². The second-order valence-electron chi connectivity index (χ2n) is 5.56. The van der Waals surface area contributed by atoms with Crippen LogP contribution in [0.5, 0.6) is 0 Å². The van der Waals surface area contributed by atoms with Crippen molar-refractivity contribution in [2.24, 2.45) is 0 Å². The van der Waals surface area contributed by atoms with Crippen LogP contribution >= 0.6 is 0 Å². The molecule has 1 aliphatic heterocycles. The molecule has 3 nitrogen and oxygen atoms in total. The molecule has 0 aliphatic carbocycles. The number of hydrogen-bond donors (Lipinski definition) is 2. The number of hydrogen-bond acceptors (Lipinski definition) is 3. The minimum atomic E-state index is -0.272. The Balaban J connectivity index is 1.93. The van der Waals surface area contributed by atoms with Gasteiger partial charge in [0, 0.05) is 30.6 Å². The summed E-state index contributed by atoms with van der Waals surface area (Å²) in [6.07, 6.45) is 1.48. The van der Waals surface area contributed by atoms with Crippen LogP contribution < -0.4 is 10.6 Å². The van der Waals surface area contributed by atoms with Gasteiger partial charge < -0.3 is 10.6 Å². The van der Waals surface area contributed by atoms with Crippen molar-refractivity contribution in [3.63, 3.8) is 0 Å². The van der Waals surface area contributed by atoms with E-state index >= 15 is 0 Å². The van der Waals surface area contributed by atoms with Gasteiger partial charge in [-0.05, 0) is 24.1 Å². The molecule has 1 aliphatic rings. The molecule has 0 aromatic heterocycles. The minimum absolute atomic E-state index is 0.00757. The lowest BCUT2D eigenvalue weighted by Gasteiger charge is -2.23. The van der Waals surface area contributed by atoms with E-state index in [4.69, 9.17) is 0 Å². The lowest BCUT2D eigenvalue weighted by atomic mass is 9.96. The van der Waals surface area contributed by atoms with Crippen molar-refractivity contribution in [1.82, 2.24) is 10.6 Å². The van der Waals surface area contributed by atoms with Gasteiger partial charge in [-0.3, -0.25) is 4.79 Å². The summed E-state index contributed by atoms with van der Waals surface area (Å²) in [5, 5.41) is 6.55. The fraction of sp³-hybridized carbons (Fsp3) is 0.211. The first-order valence-electron chi connectivity index (χ1n) is 7.79. The van der Waals surface area contributed by atoms with Crippen molar-refractivity contribution in [2.75, 3.05) is 13.1 Å². The number of rotatable bonds is 4. The van der Waals surface area contributed by atoms with Gasteiger partial charge >= 0.3 is 0 Å². The summed E-state index contributed by atoms with van der Waals surface area (Å²) in [6, 6.07) is 15.5. The molecule has 0 spiro atoms. The van der Waals surface area contributed by atoms with Gasteiger partial charge in [0.2, 0.25) is 0 Å². The molecule has 2 aromatic rings. The molecule has 1 saturated heterocycles. The Morgan fingerprint density at radius 1 is 0.957 bits per heavy atom. The standard InChI is InChI=1S/C19H19FN2O/c20-16-9-7-14(8-10-16)13-17(19-21-11-4-12-22-19)18(23)15-5-2-1-3-6-15/h1-3,5-10,21-22H,4,11-13H2. The summed E-state index contributed by atoms with van der Waals surface area (Å²) in [5.74, 6) is 0.507. The summed E-state index contributed by atoms with van der Waals surface area (Å²) >= 11 is 0. The quantitative estimate of drug-likeness (QED) is 0.674. The molecule has 0 saturated carbocycles. The van der Waals surface area contributed by atoms with E-state index < -0.39 is 0 Å². The number of halogens is 1. The lowest BCUT2D eigenvalue weighted by Crippen LogP contribution is -2.37. The molecule has 3 rings (SSSR count). The maximum Gasteiger partial charge on any atom is 0.192 e. The molecule has 0 radical (unpaired) electrons. The van der Waals surface area contributed by atoms with E-state index in [9.17, 15) is 9.18 Å². The predicted octanol–water partition coefficient (Wildman–Crippen LogP) is 3.05. The van der Waals surface area contributed by atoms with Crippen molar-refractivity contribution >= 4 is 5.78 Å². The van der Waals surface area contributed by atoms with E-state index in [-0.39, 0.29) is 11.6 Å². The second-order valence-corrected chi connectivity index (χ2v) is 5.56. The molecule has 0 atom stereocenters. The van der Waals surface area contributed by atoms with E-state index in [2.05, 4.69) is 10.6 Å². The number of ketones is 1. The molecule has 1 heterocycles. The Labute approximate surface area is 135 Å². The van der Waals surface area contributed by atoms with E-state index in [1.54, 1.807) is 12.1 Å². The maximum atomic E-state index is 13.1. The smallest absolute Gasteiger partial charge is 0.192 e. The summed E-state index contributed by atoms with van der Waals surface area (Å²) in [6.45, 7) is 1.69. The zero-order chi connectivity index (χ0) is 16.1. The zero-order valence-corrected chi connectivity index (χ0v) is 12.8. The number of allylic oxidation sites excluding steroid dienone is 1. The Hall–Kier alpha value is -2.62. The number of nitrogens with one attached hydrogen (secondary N) is 2. The van der Waals surface area contributed by atoms with Crippen molar-refractivity contribution in [3.05, 3.63) is 82.9 Å². The Bertz CT molecular complexity index is 700. The van der Waals surface area contributed by atoms with Gasteiger partial charge in [-0.2, -0.15) is 0 Å². The van der Waals surface area contributed by atoms with Gasteiger partial charge in [-0.25, -0.2) is 4.39 Å². The maximum absolute atomic E-state index is 13.1. The van der Waals surface area contributed by atoms with Gasteiger partial charge in [-0.1, -0.05) is 42.5 Å². The number of carbonyl (C=O) groups excluding carboxylic acids is 1. The SMILES string of the molecule is O=C(C(Cc1ccc(F)cc1)=C1NCCCN1)c1ccccc1. The first-order valence-corrected chi connectivity index (χ1v) is 7.79. The third-order valence-electron chi connectivity index (χ3n) is 3.86. The monoisotopic (exact) mass is 310 g/mol. The van der Waals surface area contributed by atoms with Crippen molar-refractivity contribution in [3.8, 4) is 0 Å². The molecule has 2 aromatic carbocycles. The molecule has 1 fully saturated rings. The Morgan fingerprint density at radius 2 is 1.61 bits per heavy atom. The van der Waals surface area contributed by atoms with Crippen LogP contribution in [0.3, 0.4) is 0 Å². The Morgan fingerprint density at radius 3 is 2.26 bits per heavy atom. The topological polar surface area (TPSA) is 41.1 Å². The van der Waals surface area contributed by atoms with Gasteiger partial charge in [0.25, 0.3) is 0 Å². The van der Waals surface area contributed by atoms with Crippen LogP contribution in [0, 0.1) is 5.82 Å². The molecule has 118 valence electrons. The highest BCUT2D eigenvalue weighted by atomic mass is 19.1. The summed E-state index contributed by atoms with van der Waals surface area (Å²) in [7, 11) is 0. The van der Waals surface area contributed by atoms with Crippen LogP contribution in [0.15, 0.2) is 66.0 Å². The third-order valence-corrected chi connectivity index (χ3v) is 3.86. The molecule has 23 heavy (non-hydrogen) atoms. The van der Waals surface area contributed by atoms with E-state index in [1.165, 1.54) is 12.1 Å². The highest BCUT2D eigenvalue weighted by Gasteiger charge is 2.19. The number of Topliss-reactive ketones (excluding diaryl/α,β-unsaturated/α-hetero) is 1. The van der Waals surface area contributed by atoms with E-state index in [0.717, 1.165) is 30.9 Å². The second kappa shape index (κ2) is 7.09. The first-order chi connectivity index (χ1) is 11.2. The Kier molecular flexibility index (Phi) is 4.71. The van der Waals surface area contributed by atoms with Crippen molar-refractivity contribution in [1.29, 1.82) is 0 Å². The molecular formula is C19H19FN2O. The van der Waals surface area contributed by atoms with E-state index in [0.29, 0.717) is 17.6 Å². The third kappa shape index (κ3) is 3.77. The molecular weight excluding hydrogens is 291 g/mol. The molecule has 0 amide bonds. The highest BCUT2D eigenvalue weighted by molar-refractivity contribution is 6.09. The van der Waals surface area contributed by atoms with Crippen LogP contribution in [-0.4, -0.2) is 18.9 Å². The van der Waals surface area contributed by atoms with E-state index in [1.807, 2.05) is 30.3 Å². The summed E-state index contributed by atoms with van der Waals surface area (Å²) in [5.41, 5.74) is 2.25. The first kappa shape index (κ1) is 15.3. The van der Waals surface area contributed by atoms with Crippen molar-refractivity contribution in [2.45, 2.75) is 12.8 Å². The fourth-order valence-corrected chi connectivity index (χ4v) is 2.64. The van der Waals surface area contributed by atoms with Crippen LogP contribution in [0.2, 0.25) is 0 Å². The average molecular weight is 310 g/mol. The minimum Gasteiger partial charge on any atom is -0.371 e. The number of carbonyl (C=O) groups is 1. The molecule has 0 bridgehead atoms. The lowest BCUT2D eigenvalue weighted by molar-refractivity contribution is 0.102. The van der Waals surface area contributed by atoms with Gasteiger partial charge in [0.05, 0.1) is 0 Å². The van der Waals surface area contributed by atoms with Crippen LogP contribution in [0.1, 0.15) is 22.3 Å². The normalized spacial score (nSPS) is 13.9. The van der Waals surface area contributed by atoms with Crippen LogP contribution in [0.4, 0.5) is 4.39 Å². The van der Waals surface area contributed by atoms with Gasteiger partial charge in [0.1, 0.15) is 11.6 Å². The molecule has 4 heteroatoms. The molecule has 2 N–H and O–H groups in total. The summed E-state index contributed by atoms with van der Waals surface area (Å²) < 4.78 is 13.1. The van der Waals surface area contributed by atoms with Crippen LogP contribution in [-0.2, 0) is 6.42 Å². The van der Waals surface area contributed by atoms with Gasteiger partial charge in [0.15, 0.2) is 5.78 Å². The average Bonchev–Trinajstić information content (AvgIpc) is 2.62. The number of benzene rings is 2. The predicted molar refractivity (Wildman–Crippen MR) is 88.5 cm³/mol.